The standard InChI is InChI=1S/C14H20N2O3/c1-19-12-5-2-4-11(10-12)13(14(17)18)16-8-3-6-15-7-9-16/h2,4-5,10,13,15H,3,6-9H2,1H3,(H,17,18). The SMILES string of the molecule is COc1cccc(C(C(=O)O)N2CCCNCC2)c1. The number of aliphatic carboxylic acids is 1. The van der Waals surface area contributed by atoms with E-state index in [1.165, 1.54) is 0 Å². The molecule has 0 spiro atoms. The first-order valence-corrected chi connectivity index (χ1v) is 6.54. The summed E-state index contributed by atoms with van der Waals surface area (Å²) in [5.74, 6) is -0.119. The lowest BCUT2D eigenvalue weighted by Gasteiger charge is -2.27. The van der Waals surface area contributed by atoms with E-state index in [1.807, 2.05) is 23.1 Å². The number of carboxylic acid groups (broad SMARTS) is 1. The van der Waals surface area contributed by atoms with Crippen LogP contribution in [-0.2, 0) is 4.79 Å². The van der Waals surface area contributed by atoms with Gasteiger partial charge in [0.05, 0.1) is 7.11 Å². The Morgan fingerprint density at radius 1 is 1.42 bits per heavy atom. The Hall–Kier alpha value is -1.59. The summed E-state index contributed by atoms with van der Waals surface area (Å²) in [7, 11) is 1.59. The highest BCUT2D eigenvalue weighted by Crippen LogP contribution is 2.25. The van der Waals surface area contributed by atoms with Crippen LogP contribution in [-0.4, -0.2) is 49.3 Å². The molecule has 0 bridgehead atoms. The Morgan fingerprint density at radius 3 is 3.00 bits per heavy atom. The molecule has 19 heavy (non-hydrogen) atoms. The fourth-order valence-corrected chi connectivity index (χ4v) is 2.45. The van der Waals surface area contributed by atoms with E-state index in [0.717, 1.165) is 38.2 Å². The van der Waals surface area contributed by atoms with Crippen molar-refractivity contribution in [3.8, 4) is 5.75 Å². The fourth-order valence-electron chi connectivity index (χ4n) is 2.45. The van der Waals surface area contributed by atoms with Crippen LogP contribution in [0.3, 0.4) is 0 Å². The fraction of sp³-hybridized carbons (Fsp3) is 0.500. The molecule has 2 N–H and O–H groups in total. The number of hydrogen-bond donors (Lipinski definition) is 2. The molecule has 2 rings (SSSR count). The average molecular weight is 264 g/mol. The van der Waals surface area contributed by atoms with Gasteiger partial charge in [0.2, 0.25) is 0 Å². The van der Waals surface area contributed by atoms with Crippen molar-refractivity contribution in [1.29, 1.82) is 0 Å². The Kier molecular flexibility index (Phi) is 4.76. The van der Waals surface area contributed by atoms with E-state index in [1.54, 1.807) is 13.2 Å². The van der Waals surface area contributed by atoms with Crippen molar-refractivity contribution in [3.63, 3.8) is 0 Å². The van der Waals surface area contributed by atoms with Crippen molar-refractivity contribution < 1.29 is 14.6 Å². The minimum Gasteiger partial charge on any atom is -0.497 e. The maximum absolute atomic E-state index is 11.6. The van der Waals surface area contributed by atoms with Gasteiger partial charge in [-0.25, -0.2) is 0 Å². The molecule has 0 aliphatic carbocycles. The monoisotopic (exact) mass is 264 g/mol. The van der Waals surface area contributed by atoms with Crippen LogP contribution < -0.4 is 10.1 Å². The number of benzene rings is 1. The van der Waals surface area contributed by atoms with Crippen LogP contribution in [0, 0.1) is 0 Å². The topological polar surface area (TPSA) is 61.8 Å². The molecule has 1 aromatic carbocycles. The first-order chi connectivity index (χ1) is 9.22. The highest BCUT2D eigenvalue weighted by Gasteiger charge is 2.27. The largest absolute Gasteiger partial charge is 0.497 e. The lowest BCUT2D eigenvalue weighted by atomic mass is 10.0. The van der Waals surface area contributed by atoms with E-state index >= 15 is 0 Å². The molecule has 1 saturated heterocycles. The molecular formula is C14H20N2O3. The number of methoxy groups -OCH3 is 1. The summed E-state index contributed by atoms with van der Waals surface area (Å²) in [6.07, 6.45) is 0.966. The maximum Gasteiger partial charge on any atom is 0.325 e. The molecule has 1 aliphatic rings. The van der Waals surface area contributed by atoms with Crippen LogP contribution in [0.2, 0.25) is 0 Å². The van der Waals surface area contributed by atoms with Crippen molar-refractivity contribution in [2.75, 3.05) is 33.3 Å². The van der Waals surface area contributed by atoms with Crippen LogP contribution in [0.4, 0.5) is 0 Å². The predicted octanol–water partition coefficient (Wildman–Crippen LogP) is 1.12. The Balaban J connectivity index is 2.25. The highest BCUT2D eigenvalue weighted by atomic mass is 16.5. The van der Waals surface area contributed by atoms with E-state index < -0.39 is 12.0 Å². The summed E-state index contributed by atoms with van der Waals surface area (Å²) >= 11 is 0. The first-order valence-electron chi connectivity index (χ1n) is 6.54. The van der Waals surface area contributed by atoms with Crippen LogP contribution in [0.1, 0.15) is 18.0 Å². The average Bonchev–Trinajstić information content (AvgIpc) is 2.68. The minimum atomic E-state index is -0.810. The summed E-state index contributed by atoms with van der Waals surface area (Å²) in [5, 5.41) is 12.8. The van der Waals surface area contributed by atoms with Crippen LogP contribution in [0.15, 0.2) is 24.3 Å². The smallest absolute Gasteiger partial charge is 0.325 e. The molecule has 0 saturated carbocycles. The molecule has 5 heteroatoms. The molecular weight excluding hydrogens is 244 g/mol. The van der Waals surface area contributed by atoms with E-state index in [4.69, 9.17) is 4.74 Å². The molecule has 1 unspecified atom stereocenters. The Labute approximate surface area is 113 Å². The molecule has 1 heterocycles. The minimum absolute atomic E-state index is 0.602. The van der Waals surface area contributed by atoms with E-state index in [9.17, 15) is 9.90 Å². The second-order valence-corrected chi connectivity index (χ2v) is 4.66. The number of carboxylic acids is 1. The Bertz CT molecular complexity index is 428. The zero-order valence-electron chi connectivity index (χ0n) is 11.1. The summed E-state index contributed by atoms with van der Waals surface area (Å²) in [6.45, 7) is 3.31. The molecule has 0 radical (unpaired) electrons. The molecule has 1 atom stereocenters. The summed E-state index contributed by atoms with van der Waals surface area (Å²) in [4.78, 5) is 13.6. The van der Waals surface area contributed by atoms with Gasteiger partial charge in [0.25, 0.3) is 0 Å². The van der Waals surface area contributed by atoms with E-state index in [0.29, 0.717) is 5.75 Å². The number of nitrogens with zero attached hydrogens (tertiary/aromatic N) is 1. The zero-order chi connectivity index (χ0) is 13.7. The number of rotatable bonds is 4. The highest BCUT2D eigenvalue weighted by molar-refractivity contribution is 5.75. The molecule has 5 nitrogen and oxygen atoms in total. The van der Waals surface area contributed by atoms with Gasteiger partial charge in [0, 0.05) is 19.6 Å². The van der Waals surface area contributed by atoms with Gasteiger partial charge in [-0.1, -0.05) is 12.1 Å². The van der Waals surface area contributed by atoms with Gasteiger partial charge in [0.1, 0.15) is 11.8 Å². The second kappa shape index (κ2) is 6.54. The van der Waals surface area contributed by atoms with Gasteiger partial charge >= 0.3 is 5.97 Å². The predicted molar refractivity (Wildman–Crippen MR) is 72.4 cm³/mol. The van der Waals surface area contributed by atoms with Gasteiger partial charge in [-0.2, -0.15) is 0 Å². The summed E-state index contributed by atoms with van der Waals surface area (Å²) in [6, 6.07) is 6.71. The van der Waals surface area contributed by atoms with Gasteiger partial charge < -0.3 is 15.2 Å². The van der Waals surface area contributed by atoms with Crippen molar-refractivity contribution in [2.24, 2.45) is 0 Å². The summed E-state index contributed by atoms with van der Waals surface area (Å²) < 4.78 is 5.17. The van der Waals surface area contributed by atoms with Gasteiger partial charge in [0.15, 0.2) is 0 Å². The van der Waals surface area contributed by atoms with Crippen molar-refractivity contribution in [3.05, 3.63) is 29.8 Å². The van der Waals surface area contributed by atoms with Gasteiger partial charge in [-0.15, -0.1) is 0 Å². The molecule has 1 fully saturated rings. The number of carbonyl (C=O) groups is 1. The quantitative estimate of drug-likeness (QED) is 0.853. The second-order valence-electron chi connectivity index (χ2n) is 4.66. The van der Waals surface area contributed by atoms with Crippen molar-refractivity contribution in [2.45, 2.75) is 12.5 Å². The van der Waals surface area contributed by atoms with Crippen LogP contribution in [0.5, 0.6) is 5.75 Å². The molecule has 1 aliphatic heterocycles. The van der Waals surface area contributed by atoms with Gasteiger partial charge in [-0.3, -0.25) is 9.69 Å². The third-order valence-electron chi connectivity index (χ3n) is 3.38. The Morgan fingerprint density at radius 2 is 2.26 bits per heavy atom. The number of ether oxygens (including phenoxy) is 1. The maximum atomic E-state index is 11.6. The van der Waals surface area contributed by atoms with Crippen molar-refractivity contribution in [1.82, 2.24) is 10.2 Å². The van der Waals surface area contributed by atoms with E-state index in [-0.39, 0.29) is 0 Å². The van der Waals surface area contributed by atoms with Crippen LogP contribution >= 0.6 is 0 Å². The zero-order valence-corrected chi connectivity index (χ0v) is 11.1. The lowest BCUT2D eigenvalue weighted by molar-refractivity contribution is -0.143. The van der Waals surface area contributed by atoms with Crippen molar-refractivity contribution >= 4 is 5.97 Å². The summed E-state index contributed by atoms with van der Waals surface area (Å²) in [5.41, 5.74) is 0.772. The lowest BCUT2D eigenvalue weighted by Crippen LogP contribution is -2.36. The normalized spacial score (nSPS) is 18.6. The van der Waals surface area contributed by atoms with Crippen LogP contribution in [0.25, 0.3) is 0 Å². The molecule has 104 valence electrons. The third kappa shape index (κ3) is 3.45. The van der Waals surface area contributed by atoms with E-state index in [2.05, 4.69) is 5.32 Å². The van der Waals surface area contributed by atoms with Gasteiger partial charge in [-0.05, 0) is 30.7 Å². The first kappa shape index (κ1) is 13.8. The molecule has 0 amide bonds. The number of hydrogen-bond acceptors (Lipinski definition) is 4. The number of nitrogens with one attached hydrogen (secondary N) is 1. The third-order valence-corrected chi connectivity index (χ3v) is 3.38. The molecule has 1 aromatic rings. The molecule has 0 aromatic heterocycles.